The third kappa shape index (κ3) is 11.6. The first kappa shape index (κ1) is 36.8. The number of hydrogen-bond donors (Lipinski definition) is 1. The second kappa shape index (κ2) is 17.2. The van der Waals surface area contributed by atoms with Gasteiger partial charge in [0.15, 0.2) is 0 Å². The molecule has 234 valence electrons. The van der Waals surface area contributed by atoms with Crippen LogP contribution in [0.25, 0.3) is 6.08 Å². The molecule has 0 spiro atoms. The molecule has 2 rings (SSSR count). The highest BCUT2D eigenvalue weighted by atomic mass is 16.6. The van der Waals surface area contributed by atoms with Crippen LogP contribution in [0.1, 0.15) is 58.5 Å². The summed E-state index contributed by atoms with van der Waals surface area (Å²) in [5.74, 6) is -1.91. The fraction of sp³-hybridized carbons (Fsp3) is 0.607. The SMILES string of the molecule is [B]OC(=O)C(C)N1CCN(C(C)C(=O)O[B])Cc2cc(/C=C\CNC(=O)OC(C)(C)C)cc(n2)CN(C(C)C(=O)O[B])CC1. The molecule has 3 unspecified atom stereocenters. The average molecular weight is 607 g/mol. The summed E-state index contributed by atoms with van der Waals surface area (Å²) in [6, 6.07) is 1.50. The third-order valence-electron chi connectivity index (χ3n) is 7.12. The van der Waals surface area contributed by atoms with E-state index in [9.17, 15) is 19.2 Å². The van der Waals surface area contributed by atoms with E-state index in [1.54, 1.807) is 47.6 Å². The Labute approximate surface area is 263 Å². The molecule has 6 radical (unpaired) electrons. The van der Waals surface area contributed by atoms with Crippen LogP contribution in [0, 0.1) is 0 Å². The Morgan fingerprint density at radius 3 is 1.64 bits per heavy atom. The van der Waals surface area contributed by atoms with E-state index in [4.69, 9.17) is 33.9 Å². The van der Waals surface area contributed by atoms with Crippen LogP contribution < -0.4 is 5.32 Å². The number of hydrogen-bond acceptors (Lipinski definition) is 12. The van der Waals surface area contributed by atoms with Gasteiger partial charge < -0.3 is 24.0 Å². The Hall–Kier alpha value is -3.36. The van der Waals surface area contributed by atoms with Crippen molar-refractivity contribution in [3.05, 3.63) is 35.2 Å². The topological polar surface area (TPSA) is 140 Å². The normalized spacial score (nSPS) is 17.8. The molecule has 1 aliphatic rings. The van der Waals surface area contributed by atoms with Crippen LogP contribution in [0.2, 0.25) is 0 Å². The van der Waals surface area contributed by atoms with Gasteiger partial charge in [-0.15, -0.1) is 0 Å². The predicted molar refractivity (Wildman–Crippen MR) is 164 cm³/mol. The van der Waals surface area contributed by atoms with Gasteiger partial charge in [-0.3, -0.25) is 34.1 Å². The minimum absolute atomic E-state index is 0.220. The van der Waals surface area contributed by atoms with Gasteiger partial charge in [0.2, 0.25) is 0 Å². The molecule has 1 aliphatic heterocycles. The molecule has 2 heterocycles. The zero-order chi connectivity index (χ0) is 33.0. The maximum Gasteiger partial charge on any atom is 0.407 e. The van der Waals surface area contributed by atoms with Crippen LogP contribution in [0.3, 0.4) is 0 Å². The summed E-state index contributed by atoms with van der Waals surface area (Å²) in [5.41, 5.74) is 1.40. The molecule has 0 aromatic carbocycles. The van der Waals surface area contributed by atoms with Gasteiger partial charge in [0.05, 0.1) is 11.4 Å². The van der Waals surface area contributed by atoms with Crippen molar-refractivity contribution in [2.75, 3.05) is 32.7 Å². The number of aromatic nitrogens is 1. The quantitative estimate of drug-likeness (QED) is 0.393. The fourth-order valence-corrected chi connectivity index (χ4v) is 4.58. The first-order valence-electron chi connectivity index (χ1n) is 14.3. The van der Waals surface area contributed by atoms with Crippen molar-refractivity contribution < 1.29 is 37.9 Å². The molecule has 0 aliphatic carbocycles. The molecule has 0 fully saturated rings. The Morgan fingerprint density at radius 1 is 0.818 bits per heavy atom. The molecule has 0 saturated carbocycles. The number of ether oxygens (including phenoxy) is 1. The van der Waals surface area contributed by atoms with E-state index in [1.165, 1.54) is 0 Å². The number of carbonyl (C=O) groups excluding carboxylic acids is 4. The lowest BCUT2D eigenvalue weighted by Gasteiger charge is -2.35. The van der Waals surface area contributed by atoms with Crippen molar-refractivity contribution in [1.29, 1.82) is 0 Å². The zero-order valence-corrected chi connectivity index (χ0v) is 26.3. The summed E-state index contributed by atoms with van der Waals surface area (Å²) in [6.45, 7) is 12.3. The number of alkyl carbamates (subject to hydrolysis) is 1. The van der Waals surface area contributed by atoms with Crippen molar-refractivity contribution in [2.24, 2.45) is 0 Å². The molecule has 1 aromatic rings. The van der Waals surface area contributed by atoms with Gasteiger partial charge in [-0.1, -0.05) is 12.2 Å². The molecular formula is C28H40B3N5O8. The van der Waals surface area contributed by atoms with Gasteiger partial charge in [0.1, 0.15) is 23.7 Å². The van der Waals surface area contributed by atoms with E-state index in [0.717, 1.165) is 5.56 Å². The van der Waals surface area contributed by atoms with Crippen molar-refractivity contribution in [3.8, 4) is 0 Å². The second-order valence-electron chi connectivity index (χ2n) is 11.5. The fourth-order valence-electron chi connectivity index (χ4n) is 4.58. The molecule has 13 nitrogen and oxygen atoms in total. The minimum Gasteiger partial charge on any atom is -0.542 e. The molecule has 1 amide bonds. The number of amides is 1. The second-order valence-corrected chi connectivity index (χ2v) is 11.5. The van der Waals surface area contributed by atoms with Crippen molar-refractivity contribution >= 4 is 54.2 Å². The molecule has 1 N–H and O–H groups in total. The Balaban J connectivity index is 2.48. The van der Waals surface area contributed by atoms with Crippen molar-refractivity contribution in [3.63, 3.8) is 0 Å². The standard InChI is InChI=1S/C28H40B3N5O8/c1-18(24(37)42-29)34-10-12-35(19(2)25(38)43-30)16-22-14-21(8-7-9-32-27(40)41-28(4,5)6)15-23(33-22)17-36(13-11-34)20(3)26(39)44-31/h7-8,14-15,18-20H,9-13,16-17H2,1-6H3,(H,32,40)/b8-7-. The summed E-state index contributed by atoms with van der Waals surface area (Å²) in [5, 5.41) is 2.68. The van der Waals surface area contributed by atoms with Crippen LogP contribution in [0.5, 0.6) is 0 Å². The van der Waals surface area contributed by atoms with Crippen LogP contribution in [0.4, 0.5) is 4.79 Å². The van der Waals surface area contributed by atoms with Gasteiger partial charge >= 0.3 is 48.1 Å². The van der Waals surface area contributed by atoms with Gasteiger partial charge in [0.25, 0.3) is 0 Å². The number of pyridine rings is 1. The number of nitrogens with zero attached hydrogens (tertiary/aromatic N) is 4. The lowest BCUT2D eigenvalue weighted by molar-refractivity contribution is -0.142. The number of carbonyl (C=O) groups is 4. The van der Waals surface area contributed by atoms with Gasteiger partial charge in [-0.2, -0.15) is 0 Å². The number of nitrogens with one attached hydrogen (secondary N) is 1. The number of fused-ring (bicyclic) bond motifs is 2. The summed E-state index contributed by atoms with van der Waals surface area (Å²) in [7, 11) is 15.6. The maximum atomic E-state index is 12.4. The van der Waals surface area contributed by atoms with Crippen LogP contribution in [0.15, 0.2) is 18.2 Å². The van der Waals surface area contributed by atoms with E-state index in [0.29, 0.717) is 37.6 Å². The number of rotatable bonds is 9. The van der Waals surface area contributed by atoms with E-state index in [2.05, 4.69) is 19.3 Å². The van der Waals surface area contributed by atoms with Crippen LogP contribution >= 0.6 is 0 Å². The van der Waals surface area contributed by atoms with Crippen molar-refractivity contribution in [1.82, 2.24) is 25.0 Å². The largest absolute Gasteiger partial charge is 0.542 e. The van der Waals surface area contributed by atoms with E-state index < -0.39 is 47.7 Å². The van der Waals surface area contributed by atoms with Gasteiger partial charge in [-0.25, -0.2) is 4.79 Å². The summed E-state index contributed by atoms with van der Waals surface area (Å²) in [6.07, 6.45) is 3.05. The minimum atomic E-state index is -0.736. The van der Waals surface area contributed by atoms with Crippen molar-refractivity contribution in [2.45, 2.75) is 78.4 Å². The highest BCUT2D eigenvalue weighted by Crippen LogP contribution is 2.18. The molecule has 0 saturated heterocycles. The molecular weight excluding hydrogens is 567 g/mol. The summed E-state index contributed by atoms with van der Waals surface area (Å²) < 4.78 is 18.8. The Bertz CT molecular complexity index is 1130. The lowest BCUT2D eigenvalue weighted by atomic mass is 10.1. The van der Waals surface area contributed by atoms with E-state index >= 15 is 0 Å². The third-order valence-corrected chi connectivity index (χ3v) is 7.12. The first-order valence-corrected chi connectivity index (χ1v) is 14.3. The van der Waals surface area contributed by atoms with E-state index in [1.807, 2.05) is 32.9 Å². The molecule has 2 bridgehead atoms. The van der Waals surface area contributed by atoms with Gasteiger partial charge in [-0.05, 0) is 59.2 Å². The highest BCUT2D eigenvalue weighted by molar-refractivity contribution is 6.07. The van der Waals surface area contributed by atoms with Gasteiger partial charge in [0, 0.05) is 45.8 Å². The Morgan fingerprint density at radius 2 is 1.23 bits per heavy atom. The molecule has 44 heavy (non-hydrogen) atoms. The van der Waals surface area contributed by atoms with Crippen LogP contribution in [-0.4, -0.2) is 124 Å². The van der Waals surface area contributed by atoms with E-state index in [-0.39, 0.29) is 19.6 Å². The summed E-state index contributed by atoms with van der Waals surface area (Å²) in [4.78, 5) is 59.6. The summed E-state index contributed by atoms with van der Waals surface area (Å²) >= 11 is 0. The monoisotopic (exact) mass is 607 g/mol. The smallest absolute Gasteiger partial charge is 0.407 e. The maximum absolute atomic E-state index is 12.4. The molecule has 1 aromatic heterocycles. The van der Waals surface area contributed by atoms with Crippen LogP contribution in [-0.2, 0) is 46.2 Å². The molecule has 3 atom stereocenters. The first-order chi connectivity index (χ1) is 20.7. The zero-order valence-electron chi connectivity index (χ0n) is 26.3. The predicted octanol–water partition coefficient (Wildman–Crippen LogP) is 0.585. The lowest BCUT2D eigenvalue weighted by Crippen LogP contribution is -2.51. The highest BCUT2D eigenvalue weighted by Gasteiger charge is 2.29. The average Bonchev–Trinajstić information content (AvgIpc) is 2.97. The Kier molecular flexibility index (Phi) is 14.4. The molecule has 16 heteroatoms.